The van der Waals surface area contributed by atoms with Gasteiger partial charge >= 0.3 is 0 Å². The first-order valence-electron chi connectivity index (χ1n) is 24.7. The van der Waals surface area contributed by atoms with Crippen molar-refractivity contribution in [3.63, 3.8) is 0 Å². The van der Waals surface area contributed by atoms with Crippen molar-refractivity contribution >= 4 is 82.1 Å². The van der Waals surface area contributed by atoms with Crippen LogP contribution in [-0.4, -0.2) is 0 Å². The third kappa shape index (κ3) is 6.95. The lowest BCUT2D eigenvalue weighted by molar-refractivity contribution is 0.673. The number of hydrogen-bond donors (Lipinski definition) is 0. The molecule has 2 heteroatoms. The molecule has 0 N–H and O–H groups in total. The molecule has 0 aliphatic rings. The average Bonchev–Trinajstić information content (AvgIpc) is 3.85. The van der Waals surface area contributed by atoms with Crippen LogP contribution in [0.5, 0.6) is 0 Å². The van der Waals surface area contributed by atoms with E-state index in [1.807, 2.05) is 0 Å². The molecule has 2 nitrogen and oxygen atoms in total. The Balaban J connectivity index is 0.988. The monoisotopic (exact) mass is 915 g/mol. The second-order valence-corrected chi connectivity index (χ2v) is 18.7. The number of furan rings is 1. The molecule has 14 rings (SSSR count). The maximum atomic E-state index is 6.77. The highest BCUT2D eigenvalue weighted by molar-refractivity contribution is 6.23. The van der Waals surface area contributed by atoms with Gasteiger partial charge in [0, 0.05) is 33.1 Å². The van der Waals surface area contributed by atoms with Crippen LogP contribution in [0.1, 0.15) is 0 Å². The topological polar surface area (TPSA) is 16.4 Å². The van der Waals surface area contributed by atoms with Gasteiger partial charge in [-0.15, -0.1) is 0 Å². The molecule has 0 aliphatic heterocycles. The Morgan fingerprint density at radius 2 is 0.764 bits per heavy atom. The minimum atomic E-state index is 0.870. The van der Waals surface area contributed by atoms with E-state index >= 15 is 0 Å². The molecule has 0 atom stereocenters. The van der Waals surface area contributed by atoms with Crippen LogP contribution in [0.25, 0.3) is 121 Å². The van der Waals surface area contributed by atoms with Crippen molar-refractivity contribution in [1.82, 2.24) is 0 Å². The number of fused-ring (bicyclic) bond motifs is 9. The maximum absolute atomic E-state index is 6.77. The number of rotatable bonds is 8. The third-order valence-corrected chi connectivity index (χ3v) is 14.6. The molecule has 14 aromatic rings. The Morgan fingerprint density at radius 3 is 1.51 bits per heavy atom. The van der Waals surface area contributed by atoms with Crippen LogP contribution in [-0.2, 0) is 0 Å². The summed E-state index contributed by atoms with van der Waals surface area (Å²) in [6, 6.07) is 99.4. The average molecular weight is 916 g/mol. The van der Waals surface area contributed by atoms with Crippen molar-refractivity contribution in [3.8, 4) is 55.6 Å². The summed E-state index contributed by atoms with van der Waals surface area (Å²) in [6.45, 7) is 0. The maximum Gasteiger partial charge on any atom is 0.143 e. The highest BCUT2D eigenvalue weighted by Gasteiger charge is 2.23. The van der Waals surface area contributed by atoms with E-state index in [1.165, 1.54) is 60.1 Å². The Kier molecular flexibility index (Phi) is 9.89. The molecular formula is C70H45NO. The molecule has 1 aromatic heterocycles. The number of anilines is 3. The SMILES string of the molecule is c1ccc(-c2c(-c3ccccc3)c3cc(-c4cccc(N(c5cccc(-c6ccc7ccccc7c6)c5)c5ccccc5-c5cccc6oc7c8ccccc8ccc7c56)c4)ccc3c3ccccc23)cc1. The van der Waals surface area contributed by atoms with Crippen molar-refractivity contribution in [3.05, 3.63) is 273 Å². The first-order chi connectivity index (χ1) is 35.7. The highest BCUT2D eigenvalue weighted by atomic mass is 16.3. The van der Waals surface area contributed by atoms with Crippen LogP contribution in [0.4, 0.5) is 17.1 Å². The molecule has 0 radical (unpaired) electrons. The van der Waals surface area contributed by atoms with Gasteiger partial charge in [0.05, 0.1) is 5.69 Å². The predicted molar refractivity (Wildman–Crippen MR) is 306 cm³/mol. The molecule has 0 fully saturated rings. The minimum Gasteiger partial charge on any atom is -0.455 e. The zero-order chi connectivity index (χ0) is 47.5. The molecule has 0 saturated heterocycles. The summed E-state index contributed by atoms with van der Waals surface area (Å²) in [5, 5.41) is 11.9. The van der Waals surface area contributed by atoms with Crippen molar-refractivity contribution in [2.24, 2.45) is 0 Å². The summed E-state index contributed by atoms with van der Waals surface area (Å²) in [7, 11) is 0. The van der Waals surface area contributed by atoms with Gasteiger partial charge in [-0.25, -0.2) is 0 Å². The van der Waals surface area contributed by atoms with Gasteiger partial charge in [-0.05, 0) is 142 Å². The third-order valence-electron chi connectivity index (χ3n) is 14.6. The second-order valence-electron chi connectivity index (χ2n) is 18.7. The summed E-state index contributed by atoms with van der Waals surface area (Å²) < 4.78 is 6.77. The molecule has 0 spiro atoms. The summed E-state index contributed by atoms with van der Waals surface area (Å²) in [5.74, 6) is 0. The molecule has 0 amide bonds. The Bertz CT molecular complexity index is 4400. The van der Waals surface area contributed by atoms with Gasteiger partial charge in [0.25, 0.3) is 0 Å². The van der Waals surface area contributed by atoms with Crippen LogP contribution in [0.3, 0.4) is 0 Å². The number of nitrogens with zero attached hydrogens (tertiary/aromatic N) is 1. The zero-order valence-electron chi connectivity index (χ0n) is 39.3. The molecule has 336 valence electrons. The largest absolute Gasteiger partial charge is 0.455 e. The Hall–Kier alpha value is -9.50. The van der Waals surface area contributed by atoms with Gasteiger partial charge in [0.1, 0.15) is 11.2 Å². The Morgan fingerprint density at radius 1 is 0.264 bits per heavy atom. The van der Waals surface area contributed by atoms with E-state index < -0.39 is 0 Å². The minimum absolute atomic E-state index is 0.870. The number of para-hydroxylation sites is 1. The van der Waals surface area contributed by atoms with Crippen LogP contribution in [0.15, 0.2) is 277 Å². The zero-order valence-corrected chi connectivity index (χ0v) is 39.3. The van der Waals surface area contributed by atoms with Gasteiger partial charge in [-0.1, -0.05) is 218 Å². The first-order valence-corrected chi connectivity index (χ1v) is 24.7. The van der Waals surface area contributed by atoms with Crippen LogP contribution >= 0.6 is 0 Å². The molecule has 0 saturated carbocycles. The first kappa shape index (κ1) is 41.5. The van der Waals surface area contributed by atoms with Crippen LogP contribution in [0, 0.1) is 0 Å². The predicted octanol–water partition coefficient (Wildman–Crippen LogP) is 20.0. The van der Waals surface area contributed by atoms with Gasteiger partial charge in [-0.3, -0.25) is 0 Å². The molecule has 0 unspecified atom stereocenters. The van der Waals surface area contributed by atoms with Crippen LogP contribution in [0.2, 0.25) is 0 Å². The molecule has 0 bridgehead atoms. The van der Waals surface area contributed by atoms with Crippen molar-refractivity contribution in [2.45, 2.75) is 0 Å². The van der Waals surface area contributed by atoms with E-state index in [0.29, 0.717) is 0 Å². The van der Waals surface area contributed by atoms with Gasteiger partial charge < -0.3 is 9.32 Å². The lowest BCUT2D eigenvalue weighted by Crippen LogP contribution is -2.11. The van der Waals surface area contributed by atoms with E-state index in [4.69, 9.17) is 4.42 Å². The van der Waals surface area contributed by atoms with Crippen molar-refractivity contribution in [1.29, 1.82) is 0 Å². The van der Waals surface area contributed by atoms with Gasteiger partial charge in [-0.2, -0.15) is 0 Å². The fourth-order valence-electron chi connectivity index (χ4n) is 11.3. The standard InChI is InChI=1S/C70H45NO/c1-3-20-48(21-4-1)67-61-32-12-11-30-58(61)59-40-39-54(45-64(59)68(67)49-22-5-2-6-23-49)52-26-16-28-56(44-52)71(55-27-15-25-51(43-55)53-37-36-46-18-7-8-24-50(46)42-53)65-34-14-13-31-60(65)62-33-17-35-66-69(62)63-41-38-47-19-9-10-29-57(47)70(63)72-66/h1-45H. The second kappa shape index (κ2) is 17.2. The molecule has 72 heavy (non-hydrogen) atoms. The van der Waals surface area contributed by atoms with Crippen molar-refractivity contribution in [2.75, 3.05) is 4.90 Å². The van der Waals surface area contributed by atoms with Gasteiger partial charge in [0.15, 0.2) is 0 Å². The van der Waals surface area contributed by atoms with E-state index in [0.717, 1.165) is 77.6 Å². The fraction of sp³-hybridized carbons (Fsp3) is 0. The number of hydrogen-bond acceptors (Lipinski definition) is 2. The summed E-state index contributed by atoms with van der Waals surface area (Å²) in [6.07, 6.45) is 0. The van der Waals surface area contributed by atoms with E-state index in [2.05, 4.69) is 278 Å². The summed E-state index contributed by atoms with van der Waals surface area (Å²) >= 11 is 0. The van der Waals surface area contributed by atoms with Crippen LogP contribution < -0.4 is 4.90 Å². The summed E-state index contributed by atoms with van der Waals surface area (Å²) in [5.41, 5.74) is 16.7. The molecular weight excluding hydrogens is 871 g/mol. The molecule has 1 heterocycles. The van der Waals surface area contributed by atoms with E-state index in [9.17, 15) is 0 Å². The lowest BCUT2D eigenvalue weighted by atomic mass is 9.84. The molecule has 13 aromatic carbocycles. The normalized spacial score (nSPS) is 11.6. The fourth-order valence-corrected chi connectivity index (χ4v) is 11.3. The quantitative estimate of drug-likeness (QED) is 0.141. The summed E-state index contributed by atoms with van der Waals surface area (Å²) in [4.78, 5) is 2.44. The van der Waals surface area contributed by atoms with E-state index in [-0.39, 0.29) is 0 Å². The Labute approximate surface area is 417 Å². The van der Waals surface area contributed by atoms with E-state index in [1.54, 1.807) is 0 Å². The lowest BCUT2D eigenvalue weighted by Gasteiger charge is -2.29. The smallest absolute Gasteiger partial charge is 0.143 e. The van der Waals surface area contributed by atoms with Crippen molar-refractivity contribution < 1.29 is 4.42 Å². The van der Waals surface area contributed by atoms with Gasteiger partial charge in [0.2, 0.25) is 0 Å². The highest BCUT2D eigenvalue weighted by Crippen LogP contribution is 2.49. The molecule has 0 aliphatic carbocycles. The number of benzene rings is 13.